The molecule has 1 aromatic heterocycles. The average Bonchev–Trinajstić information content (AvgIpc) is 2.95. The quantitative estimate of drug-likeness (QED) is 0.853. The van der Waals surface area contributed by atoms with Gasteiger partial charge in [-0.1, -0.05) is 23.7 Å². The van der Waals surface area contributed by atoms with E-state index in [9.17, 15) is 4.79 Å². The number of halogens is 1. The normalized spacial score (nSPS) is 17.8. The van der Waals surface area contributed by atoms with Crippen LogP contribution >= 0.6 is 11.6 Å². The van der Waals surface area contributed by atoms with E-state index in [4.69, 9.17) is 16.3 Å². The van der Waals surface area contributed by atoms with Crippen LogP contribution in [0.5, 0.6) is 0 Å². The van der Waals surface area contributed by atoms with Gasteiger partial charge >= 0.3 is 0 Å². The van der Waals surface area contributed by atoms with Gasteiger partial charge in [0, 0.05) is 57.0 Å². The summed E-state index contributed by atoms with van der Waals surface area (Å²) >= 11 is 5.98. The fraction of sp³-hybridized carbons (Fsp3) is 0.444. The molecule has 1 aliphatic heterocycles. The highest BCUT2D eigenvalue weighted by atomic mass is 35.5. The van der Waals surface area contributed by atoms with Crippen LogP contribution in [0.25, 0.3) is 0 Å². The van der Waals surface area contributed by atoms with Crippen molar-refractivity contribution in [3.63, 3.8) is 0 Å². The van der Waals surface area contributed by atoms with E-state index >= 15 is 0 Å². The van der Waals surface area contributed by atoms with E-state index in [1.165, 1.54) is 18.4 Å². The summed E-state index contributed by atoms with van der Waals surface area (Å²) in [5.74, 6) is 0.200. The zero-order valence-electron chi connectivity index (χ0n) is 14.3. The number of fused-ring (bicyclic) bond motifs is 1. The maximum absolute atomic E-state index is 11.7. The van der Waals surface area contributed by atoms with Crippen LogP contribution in [0.15, 0.2) is 36.5 Å². The van der Waals surface area contributed by atoms with Crippen LogP contribution in [0.4, 0.5) is 0 Å². The summed E-state index contributed by atoms with van der Waals surface area (Å²) in [7, 11) is 1.52. The van der Waals surface area contributed by atoms with E-state index in [2.05, 4.69) is 33.5 Å². The molecule has 0 radical (unpaired) electrons. The van der Waals surface area contributed by atoms with Crippen LogP contribution in [-0.4, -0.2) is 47.4 Å². The van der Waals surface area contributed by atoms with E-state index in [0.717, 1.165) is 31.2 Å². The minimum Gasteiger partial charge on any atom is -0.375 e. The monoisotopic (exact) mass is 362 g/mol. The van der Waals surface area contributed by atoms with Gasteiger partial charge in [0.15, 0.2) is 0 Å². The van der Waals surface area contributed by atoms with Crippen molar-refractivity contribution in [1.29, 1.82) is 0 Å². The van der Waals surface area contributed by atoms with Gasteiger partial charge in [-0.25, -0.2) is 0 Å². The Bertz CT molecular complexity index is 701. The predicted octanol–water partition coefficient (Wildman–Crippen LogP) is 1.93. The summed E-state index contributed by atoms with van der Waals surface area (Å²) in [6.07, 6.45) is 1.84. The lowest BCUT2D eigenvalue weighted by Gasteiger charge is -2.24. The van der Waals surface area contributed by atoms with Crippen molar-refractivity contribution >= 4 is 17.5 Å². The first-order valence-electron chi connectivity index (χ1n) is 8.37. The molecule has 0 spiro atoms. The topological polar surface area (TPSA) is 59.4 Å². The number of nitrogens with zero attached hydrogens (tertiary/aromatic N) is 3. The molecule has 7 heteroatoms. The van der Waals surface area contributed by atoms with E-state index in [1.807, 2.05) is 23.0 Å². The summed E-state index contributed by atoms with van der Waals surface area (Å²) in [6.45, 7) is 4.06. The Labute approximate surface area is 152 Å². The van der Waals surface area contributed by atoms with Crippen molar-refractivity contribution < 1.29 is 9.53 Å². The third kappa shape index (κ3) is 5.04. The summed E-state index contributed by atoms with van der Waals surface area (Å²) in [5, 5.41) is 8.11. The molecule has 1 N–H and O–H groups in total. The second-order valence-corrected chi connectivity index (χ2v) is 6.84. The van der Waals surface area contributed by atoms with E-state index in [-0.39, 0.29) is 18.4 Å². The summed E-state index contributed by atoms with van der Waals surface area (Å²) < 4.78 is 6.91. The highest BCUT2D eigenvalue weighted by Crippen LogP contribution is 2.19. The van der Waals surface area contributed by atoms with Crippen LogP contribution in [-0.2, 0) is 29.2 Å². The maximum atomic E-state index is 11.7. The van der Waals surface area contributed by atoms with E-state index < -0.39 is 0 Å². The lowest BCUT2D eigenvalue weighted by Crippen LogP contribution is -2.37. The number of methoxy groups -OCH3 is 1. The zero-order chi connectivity index (χ0) is 17.6. The minimum atomic E-state index is -0.0864. The molecule has 3 rings (SSSR count). The number of rotatable bonds is 6. The fourth-order valence-electron chi connectivity index (χ4n) is 3.16. The minimum absolute atomic E-state index is 0.0864. The third-order valence-corrected chi connectivity index (χ3v) is 4.57. The number of hydrogen-bond donors (Lipinski definition) is 1. The summed E-state index contributed by atoms with van der Waals surface area (Å²) in [6, 6.07) is 10.0. The molecule has 25 heavy (non-hydrogen) atoms. The van der Waals surface area contributed by atoms with Gasteiger partial charge in [-0.15, -0.1) is 0 Å². The molecule has 0 saturated carbocycles. The van der Waals surface area contributed by atoms with Gasteiger partial charge in [0.05, 0.1) is 5.69 Å². The molecule has 134 valence electrons. The van der Waals surface area contributed by atoms with Gasteiger partial charge in [0.1, 0.15) is 6.61 Å². The Hall–Kier alpha value is -1.89. The molecule has 0 bridgehead atoms. The number of hydrogen-bond acceptors (Lipinski definition) is 4. The zero-order valence-corrected chi connectivity index (χ0v) is 15.1. The van der Waals surface area contributed by atoms with Crippen molar-refractivity contribution in [2.75, 3.05) is 26.8 Å². The molecule has 0 fully saturated rings. The van der Waals surface area contributed by atoms with Crippen LogP contribution in [0.1, 0.15) is 11.3 Å². The molecule has 2 heterocycles. The number of carbonyl (C=O) groups excluding carboxylic acids is 1. The van der Waals surface area contributed by atoms with Gasteiger partial charge in [-0.2, -0.15) is 5.10 Å². The first-order valence-corrected chi connectivity index (χ1v) is 8.75. The lowest BCUT2D eigenvalue weighted by atomic mass is 10.1. The molecular weight excluding hydrogens is 340 g/mol. The lowest BCUT2D eigenvalue weighted by molar-refractivity contribution is -0.124. The number of aromatic nitrogens is 2. The summed E-state index contributed by atoms with van der Waals surface area (Å²) in [5.41, 5.74) is 2.42. The van der Waals surface area contributed by atoms with Crippen LogP contribution in [0.2, 0.25) is 5.02 Å². The van der Waals surface area contributed by atoms with Gasteiger partial charge in [0.25, 0.3) is 0 Å². The van der Waals surface area contributed by atoms with Crippen molar-refractivity contribution in [1.82, 2.24) is 20.0 Å². The second-order valence-electron chi connectivity index (χ2n) is 6.40. The highest BCUT2D eigenvalue weighted by molar-refractivity contribution is 6.30. The van der Waals surface area contributed by atoms with Gasteiger partial charge < -0.3 is 10.1 Å². The average molecular weight is 363 g/mol. The molecule has 1 aliphatic rings. The van der Waals surface area contributed by atoms with Crippen LogP contribution in [0.3, 0.4) is 0 Å². The highest BCUT2D eigenvalue weighted by Gasteiger charge is 2.22. The SMILES string of the molecule is COCC(=O)NC[C@@H]1CN(Cc2ccc(Cl)cc2)Cc2ccnn2C1. The number of amides is 1. The van der Waals surface area contributed by atoms with Crippen LogP contribution in [0, 0.1) is 5.92 Å². The summed E-state index contributed by atoms with van der Waals surface area (Å²) in [4.78, 5) is 14.1. The molecule has 0 saturated heterocycles. The molecular formula is C18H23ClN4O2. The molecule has 0 aliphatic carbocycles. The Morgan fingerprint density at radius 1 is 1.32 bits per heavy atom. The fourth-order valence-corrected chi connectivity index (χ4v) is 3.28. The third-order valence-electron chi connectivity index (χ3n) is 4.32. The molecule has 1 amide bonds. The van der Waals surface area contributed by atoms with Crippen LogP contribution < -0.4 is 5.32 Å². The second kappa shape index (κ2) is 8.47. The number of nitrogens with one attached hydrogen (secondary N) is 1. The number of benzene rings is 1. The Balaban J connectivity index is 1.67. The largest absolute Gasteiger partial charge is 0.375 e. The first-order chi connectivity index (χ1) is 12.1. The predicted molar refractivity (Wildman–Crippen MR) is 96.2 cm³/mol. The Morgan fingerprint density at radius 3 is 2.88 bits per heavy atom. The number of ether oxygens (including phenoxy) is 1. The van der Waals surface area contributed by atoms with Crippen molar-refractivity contribution in [3.05, 3.63) is 52.8 Å². The molecule has 1 aromatic carbocycles. The van der Waals surface area contributed by atoms with E-state index in [0.29, 0.717) is 6.54 Å². The molecule has 6 nitrogen and oxygen atoms in total. The van der Waals surface area contributed by atoms with Crippen molar-refractivity contribution in [2.45, 2.75) is 19.6 Å². The standard InChI is InChI=1S/C18H23ClN4O2/c1-25-13-18(24)20-8-15-10-22(9-14-2-4-16(19)5-3-14)12-17-6-7-21-23(17)11-15/h2-7,15H,8-13H2,1H3,(H,20,24)/t15-/m1/s1. The Morgan fingerprint density at radius 2 is 2.12 bits per heavy atom. The van der Waals surface area contributed by atoms with Crippen molar-refractivity contribution in [3.8, 4) is 0 Å². The number of carbonyl (C=O) groups is 1. The van der Waals surface area contributed by atoms with Gasteiger partial charge in [0.2, 0.25) is 5.91 Å². The Kier molecular flexibility index (Phi) is 6.07. The molecule has 1 atom stereocenters. The smallest absolute Gasteiger partial charge is 0.245 e. The van der Waals surface area contributed by atoms with Gasteiger partial charge in [-0.05, 0) is 23.8 Å². The maximum Gasteiger partial charge on any atom is 0.245 e. The van der Waals surface area contributed by atoms with Gasteiger partial charge in [-0.3, -0.25) is 14.4 Å². The van der Waals surface area contributed by atoms with E-state index in [1.54, 1.807) is 0 Å². The molecule has 2 aromatic rings. The van der Waals surface area contributed by atoms with Crippen molar-refractivity contribution in [2.24, 2.45) is 5.92 Å². The molecule has 0 unspecified atom stereocenters. The first kappa shape index (κ1) is 17.9.